The van der Waals surface area contributed by atoms with Gasteiger partial charge in [0, 0.05) is 5.02 Å². The molecular weight excluding hydrogens is 432 g/mol. The van der Waals surface area contributed by atoms with Crippen LogP contribution in [0.5, 0.6) is 0 Å². The summed E-state index contributed by atoms with van der Waals surface area (Å²) >= 11 is 7.11. The van der Waals surface area contributed by atoms with Crippen LogP contribution in [0.15, 0.2) is 93.9 Å². The Bertz CT molecular complexity index is 1320. The molecule has 6 nitrogen and oxygen atoms in total. The number of para-hydroxylation sites is 2. The van der Waals surface area contributed by atoms with Gasteiger partial charge in [-0.15, -0.1) is 0 Å². The van der Waals surface area contributed by atoms with Crippen LogP contribution in [-0.2, 0) is 4.79 Å². The van der Waals surface area contributed by atoms with Gasteiger partial charge in [0.1, 0.15) is 0 Å². The fourth-order valence-corrected chi connectivity index (χ4v) is 3.95. The van der Waals surface area contributed by atoms with Gasteiger partial charge in [-0.05, 0) is 42.0 Å². The smallest absolute Gasteiger partial charge is 0.266 e. The lowest BCUT2D eigenvalue weighted by molar-refractivity contribution is -0.118. The van der Waals surface area contributed by atoms with Crippen LogP contribution >= 0.6 is 23.4 Å². The molecule has 1 aromatic heterocycles. The minimum Gasteiger partial charge on any atom is -0.272 e. The largest absolute Gasteiger partial charge is 0.272 e. The Kier molecular flexibility index (Phi) is 6.45. The number of hydrogen-bond donors (Lipinski definition) is 1. The van der Waals surface area contributed by atoms with E-state index in [4.69, 9.17) is 11.6 Å². The molecule has 0 fully saturated rings. The van der Waals surface area contributed by atoms with Gasteiger partial charge in [0.25, 0.3) is 11.5 Å². The summed E-state index contributed by atoms with van der Waals surface area (Å²) in [6.07, 6.45) is 1.52. The number of thioether (sulfide) groups is 1. The lowest BCUT2D eigenvalue weighted by atomic mass is 10.2. The molecule has 1 N–H and O–H groups in total. The van der Waals surface area contributed by atoms with Crippen molar-refractivity contribution in [2.24, 2.45) is 5.10 Å². The van der Waals surface area contributed by atoms with Crippen molar-refractivity contribution in [1.29, 1.82) is 0 Å². The van der Waals surface area contributed by atoms with Crippen molar-refractivity contribution in [2.45, 2.75) is 5.16 Å². The van der Waals surface area contributed by atoms with E-state index in [2.05, 4.69) is 15.5 Å². The van der Waals surface area contributed by atoms with E-state index in [1.165, 1.54) is 22.5 Å². The van der Waals surface area contributed by atoms with Crippen molar-refractivity contribution in [3.8, 4) is 5.69 Å². The van der Waals surface area contributed by atoms with Gasteiger partial charge in [0.05, 0.1) is 28.6 Å². The Morgan fingerprint density at radius 2 is 1.84 bits per heavy atom. The van der Waals surface area contributed by atoms with E-state index < -0.39 is 0 Å². The van der Waals surface area contributed by atoms with E-state index in [-0.39, 0.29) is 17.2 Å². The fraction of sp³-hybridized carbons (Fsp3) is 0.0435. The third-order valence-electron chi connectivity index (χ3n) is 4.34. The molecule has 3 aromatic carbocycles. The molecule has 0 atom stereocenters. The summed E-state index contributed by atoms with van der Waals surface area (Å²) in [6, 6.07) is 23.5. The summed E-state index contributed by atoms with van der Waals surface area (Å²) in [7, 11) is 0. The summed E-state index contributed by atoms with van der Waals surface area (Å²) in [4.78, 5) is 30.0. The molecule has 1 amide bonds. The van der Waals surface area contributed by atoms with Gasteiger partial charge < -0.3 is 0 Å². The lowest BCUT2D eigenvalue weighted by Crippen LogP contribution is -2.24. The maximum absolute atomic E-state index is 13.1. The van der Waals surface area contributed by atoms with Crippen LogP contribution < -0.4 is 11.0 Å². The number of aromatic nitrogens is 2. The number of benzene rings is 3. The van der Waals surface area contributed by atoms with Gasteiger partial charge in [-0.2, -0.15) is 5.10 Å². The highest BCUT2D eigenvalue weighted by Crippen LogP contribution is 2.21. The van der Waals surface area contributed by atoms with Gasteiger partial charge in [0.2, 0.25) is 0 Å². The third kappa shape index (κ3) is 5.02. The number of halogens is 1. The summed E-state index contributed by atoms with van der Waals surface area (Å²) in [5, 5.41) is 5.50. The predicted octanol–water partition coefficient (Wildman–Crippen LogP) is 4.28. The number of nitrogens with one attached hydrogen (secondary N) is 1. The average Bonchev–Trinajstić information content (AvgIpc) is 2.78. The Labute approximate surface area is 187 Å². The van der Waals surface area contributed by atoms with Crippen molar-refractivity contribution in [3.63, 3.8) is 0 Å². The topological polar surface area (TPSA) is 76.3 Å². The quantitative estimate of drug-likeness (QED) is 0.207. The molecule has 0 aliphatic rings. The van der Waals surface area contributed by atoms with E-state index in [0.29, 0.717) is 26.8 Å². The minimum atomic E-state index is -0.315. The number of fused-ring (bicyclic) bond motifs is 1. The molecule has 1 heterocycles. The molecule has 4 rings (SSSR count). The second-order valence-electron chi connectivity index (χ2n) is 6.52. The Balaban J connectivity index is 1.55. The number of carbonyl (C=O) groups is 1. The molecule has 4 aromatic rings. The summed E-state index contributed by atoms with van der Waals surface area (Å²) in [5.41, 5.74) is 4.35. The molecule has 0 saturated carbocycles. The molecule has 31 heavy (non-hydrogen) atoms. The molecule has 0 unspecified atom stereocenters. The number of amides is 1. The molecule has 8 heteroatoms. The van der Waals surface area contributed by atoms with Crippen molar-refractivity contribution >= 4 is 46.4 Å². The first kappa shape index (κ1) is 20.8. The Morgan fingerprint density at radius 1 is 1.06 bits per heavy atom. The van der Waals surface area contributed by atoms with Crippen molar-refractivity contribution < 1.29 is 4.79 Å². The fourth-order valence-electron chi connectivity index (χ4n) is 2.94. The van der Waals surface area contributed by atoms with E-state index in [1.54, 1.807) is 36.4 Å². The zero-order valence-corrected chi connectivity index (χ0v) is 17.8. The normalized spacial score (nSPS) is 11.1. The number of nitrogens with zero attached hydrogens (tertiary/aromatic N) is 3. The van der Waals surface area contributed by atoms with Gasteiger partial charge in [-0.25, -0.2) is 10.4 Å². The van der Waals surface area contributed by atoms with Gasteiger partial charge in [-0.1, -0.05) is 65.8 Å². The number of carbonyl (C=O) groups excluding carboxylic acids is 1. The maximum atomic E-state index is 13.1. The van der Waals surface area contributed by atoms with Crippen molar-refractivity contribution in [2.75, 3.05) is 5.75 Å². The second kappa shape index (κ2) is 9.59. The lowest BCUT2D eigenvalue weighted by Gasteiger charge is -2.12. The van der Waals surface area contributed by atoms with E-state index >= 15 is 0 Å². The molecule has 0 aliphatic heterocycles. The van der Waals surface area contributed by atoms with Gasteiger partial charge in [0.15, 0.2) is 5.16 Å². The maximum Gasteiger partial charge on any atom is 0.266 e. The van der Waals surface area contributed by atoms with E-state index in [0.717, 1.165) is 5.56 Å². The first-order valence-corrected chi connectivity index (χ1v) is 10.8. The highest BCUT2D eigenvalue weighted by Gasteiger charge is 2.14. The van der Waals surface area contributed by atoms with E-state index in [1.807, 2.05) is 42.5 Å². The first-order chi connectivity index (χ1) is 15.1. The number of hydrogen-bond acceptors (Lipinski definition) is 5. The Hall–Kier alpha value is -3.42. The predicted molar refractivity (Wildman–Crippen MR) is 125 cm³/mol. The standard InChI is InChI=1S/C23H17ClN4O2S/c24-17-8-6-7-16(13-17)14-25-27-21(29)15-31-23-26-20-12-5-4-11-19(20)22(30)28(23)18-9-2-1-3-10-18/h1-14H,15H2,(H,27,29)/b25-14-. The van der Waals surface area contributed by atoms with Crippen LogP contribution in [0.1, 0.15) is 5.56 Å². The van der Waals surface area contributed by atoms with Crippen LogP contribution in [0.2, 0.25) is 5.02 Å². The first-order valence-electron chi connectivity index (χ1n) is 9.39. The van der Waals surface area contributed by atoms with E-state index in [9.17, 15) is 9.59 Å². The van der Waals surface area contributed by atoms with Crippen LogP contribution in [0, 0.1) is 0 Å². The molecular formula is C23H17ClN4O2S. The molecule has 154 valence electrons. The minimum absolute atomic E-state index is 0.0461. The summed E-state index contributed by atoms with van der Waals surface area (Å²) < 4.78 is 1.52. The SMILES string of the molecule is O=C(CSc1nc2ccccc2c(=O)n1-c1ccccc1)N/N=C\c1cccc(Cl)c1. The van der Waals surface area contributed by atoms with Crippen LogP contribution in [0.3, 0.4) is 0 Å². The van der Waals surface area contributed by atoms with Gasteiger partial charge in [-0.3, -0.25) is 14.2 Å². The summed E-state index contributed by atoms with van der Waals surface area (Å²) in [5.74, 6) is -0.268. The summed E-state index contributed by atoms with van der Waals surface area (Å²) in [6.45, 7) is 0. The third-order valence-corrected chi connectivity index (χ3v) is 5.52. The average molecular weight is 449 g/mol. The molecule has 0 saturated heterocycles. The zero-order valence-electron chi connectivity index (χ0n) is 16.2. The number of rotatable bonds is 6. The Morgan fingerprint density at radius 3 is 2.65 bits per heavy atom. The van der Waals surface area contributed by atoms with Crippen molar-refractivity contribution in [1.82, 2.24) is 15.0 Å². The highest BCUT2D eigenvalue weighted by atomic mass is 35.5. The van der Waals surface area contributed by atoms with Crippen LogP contribution in [0.25, 0.3) is 16.6 Å². The molecule has 0 spiro atoms. The second-order valence-corrected chi connectivity index (χ2v) is 7.90. The van der Waals surface area contributed by atoms with Crippen molar-refractivity contribution in [3.05, 3.63) is 99.8 Å². The molecule has 0 bridgehead atoms. The van der Waals surface area contributed by atoms with Crippen LogP contribution in [-0.4, -0.2) is 27.4 Å². The molecule has 0 aliphatic carbocycles. The van der Waals surface area contributed by atoms with Crippen LogP contribution in [0.4, 0.5) is 0 Å². The zero-order chi connectivity index (χ0) is 21.6. The molecule has 0 radical (unpaired) electrons. The highest BCUT2D eigenvalue weighted by molar-refractivity contribution is 7.99. The number of hydrazone groups is 1. The van der Waals surface area contributed by atoms with Gasteiger partial charge >= 0.3 is 0 Å². The monoisotopic (exact) mass is 448 g/mol.